The molecule has 1 unspecified atom stereocenters. The maximum Gasteiger partial charge on any atom is 0.325 e. The maximum absolute atomic E-state index is 13.1. The number of nitrogens with zero attached hydrogens (tertiary/aromatic N) is 1. The van der Waals surface area contributed by atoms with Gasteiger partial charge in [-0.3, -0.25) is 19.3 Å². The number of Topliss-reactive ketones (excluding diaryl/α,β-unsaturated/α-hetero) is 1. The summed E-state index contributed by atoms with van der Waals surface area (Å²) in [7, 11) is 0. The number of anilines is 1. The average molecular weight is 496 g/mol. The number of benzene rings is 3. The Bertz CT molecular complexity index is 1300. The summed E-state index contributed by atoms with van der Waals surface area (Å²) in [5.74, 6) is -1.31. The van der Waals surface area contributed by atoms with Crippen molar-refractivity contribution < 1.29 is 19.2 Å². The van der Waals surface area contributed by atoms with Crippen LogP contribution in [-0.4, -0.2) is 35.1 Å². The van der Waals surface area contributed by atoms with E-state index in [0.717, 1.165) is 4.90 Å². The highest BCUT2D eigenvalue weighted by Gasteiger charge is 2.50. The second kappa shape index (κ2) is 9.29. The molecule has 4 rings (SSSR count). The fraction of sp³-hybridized carbons (Fsp3) is 0.120. The predicted molar refractivity (Wildman–Crippen MR) is 129 cm³/mol. The van der Waals surface area contributed by atoms with Crippen molar-refractivity contribution in [3.05, 3.63) is 99.5 Å². The number of ketones is 1. The quantitative estimate of drug-likeness (QED) is 0.375. The molecule has 0 bridgehead atoms. The minimum Gasteiger partial charge on any atom is -0.322 e. The molecule has 1 heterocycles. The van der Waals surface area contributed by atoms with Crippen molar-refractivity contribution in [2.75, 3.05) is 11.9 Å². The van der Waals surface area contributed by atoms with Crippen molar-refractivity contribution in [2.45, 2.75) is 12.5 Å². The number of rotatable bonds is 6. The Morgan fingerprint density at radius 3 is 2.26 bits per heavy atom. The number of carbonyl (C=O) groups is 4. The van der Waals surface area contributed by atoms with Crippen LogP contribution >= 0.6 is 23.2 Å². The molecule has 0 saturated carbocycles. The van der Waals surface area contributed by atoms with Gasteiger partial charge in [0.25, 0.3) is 11.8 Å². The monoisotopic (exact) mass is 495 g/mol. The molecule has 1 atom stereocenters. The van der Waals surface area contributed by atoms with Crippen LogP contribution < -0.4 is 10.6 Å². The summed E-state index contributed by atoms with van der Waals surface area (Å²) in [5, 5.41) is 5.99. The summed E-state index contributed by atoms with van der Waals surface area (Å²) in [6.07, 6.45) is 0. The van der Waals surface area contributed by atoms with Crippen LogP contribution in [0.1, 0.15) is 33.2 Å². The van der Waals surface area contributed by atoms with Gasteiger partial charge in [-0.15, -0.1) is 0 Å². The Kier molecular flexibility index (Phi) is 6.41. The van der Waals surface area contributed by atoms with Gasteiger partial charge in [0.2, 0.25) is 0 Å². The molecule has 172 valence electrons. The highest BCUT2D eigenvalue weighted by Crippen LogP contribution is 2.35. The molecule has 1 aliphatic rings. The van der Waals surface area contributed by atoms with Crippen molar-refractivity contribution in [3.8, 4) is 0 Å². The van der Waals surface area contributed by atoms with Gasteiger partial charge in [-0.1, -0.05) is 47.5 Å². The van der Waals surface area contributed by atoms with E-state index in [0.29, 0.717) is 21.8 Å². The zero-order valence-corrected chi connectivity index (χ0v) is 19.5. The number of hydrogen-bond acceptors (Lipinski definition) is 4. The van der Waals surface area contributed by atoms with Crippen molar-refractivity contribution in [3.63, 3.8) is 0 Å². The molecule has 34 heavy (non-hydrogen) atoms. The van der Waals surface area contributed by atoms with Crippen LogP contribution in [0.2, 0.25) is 10.0 Å². The summed E-state index contributed by atoms with van der Waals surface area (Å²) in [6.45, 7) is 1.08. The van der Waals surface area contributed by atoms with E-state index in [1.807, 2.05) is 6.07 Å². The van der Waals surface area contributed by atoms with Gasteiger partial charge in [0, 0.05) is 32.4 Å². The fourth-order valence-corrected chi connectivity index (χ4v) is 4.28. The smallest absolute Gasteiger partial charge is 0.322 e. The average Bonchev–Trinajstić information content (AvgIpc) is 3.03. The molecule has 1 aliphatic heterocycles. The van der Waals surface area contributed by atoms with Gasteiger partial charge < -0.3 is 10.6 Å². The lowest BCUT2D eigenvalue weighted by Gasteiger charge is -2.23. The van der Waals surface area contributed by atoms with Gasteiger partial charge in [-0.05, 0) is 55.5 Å². The maximum atomic E-state index is 13.1. The number of hydrogen-bond donors (Lipinski definition) is 2. The molecule has 0 aromatic heterocycles. The standard InChI is InChI=1S/C25H19Cl2N3O4/c1-25(19-12-9-17(26)13-20(19)27)23(33)30(24(34)29-25)14-21(31)15-7-10-18(11-8-15)28-22(32)16-5-3-2-4-6-16/h2-13H,14H2,1H3,(H,28,32)(H,29,34). The lowest BCUT2D eigenvalue weighted by molar-refractivity contribution is -0.130. The molecule has 0 radical (unpaired) electrons. The highest BCUT2D eigenvalue weighted by atomic mass is 35.5. The van der Waals surface area contributed by atoms with Crippen LogP contribution in [0, 0.1) is 0 Å². The van der Waals surface area contributed by atoms with Crippen LogP contribution in [-0.2, 0) is 10.3 Å². The van der Waals surface area contributed by atoms with E-state index in [9.17, 15) is 19.2 Å². The first-order valence-electron chi connectivity index (χ1n) is 10.3. The van der Waals surface area contributed by atoms with Crippen LogP contribution in [0.3, 0.4) is 0 Å². The van der Waals surface area contributed by atoms with Gasteiger partial charge in [-0.25, -0.2) is 4.79 Å². The summed E-state index contributed by atoms with van der Waals surface area (Å²) in [5.41, 5.74) is 0.252. The van der Waals surface area contributed by atoms with E-state index in [2.05, 4.69) is 10.6 Å². The van der Waals surface area contributed by atoms with Crippen molar-refractivity contribution in [2.24, 2.45) is 0 Å². The molecular weight excluding hydrogens is 477 g/mol. The fourth-order valence-electron chi connectivity index (χ4n) is 3.69. The lowest BCUT2D eigenvalue weighted by atomic mass is 9.92. The molecule has 1 saturated heterocycles. The van der Waals surface area contributed by atoms with Gasteiger partial charge in [0.1, 0.15) is 5.54 Å². The Labute approximate surface area is 205 Å². The molecule has 1 fully saturated rings. The van der Waals surface area contributed by atoms with E-state index >= 15 is 0 Å². The number of nitrogens with one attached hydrogen (secondary N) is 2. The van der Waals surface area contributed by atoms with E-state index in [-0.39, 0.29) is 16.5 Å². The van der Waals surface area contributed by atoms with Crippen LogP contribution in [0.4, 0.5) is 10.5 Å². The molecule has 7 nitrogen and oxygen atoms in total. The third-order valence-corrected chi connectivity index (χ3v) is 6.10. The van der Waals surface area contributed by atoms with Gasteiger partial charge in [0.15, 0.2) is 5.78 Å². The van der Waals surface area contributed by atoms with E-state index in [1.165, 1.54) is 25.1 Å². The molecule has 3 aromatic rings. The molecule has 0 spiro atoms. The number of carbonyl (C=O) groups excluding carboxylic acids is 4. The third-order valence-electron chi connectivity index (χ3n) is 5.55. The van der Waals surface area contributed by atoms with E-state index < -0.39 is 29.8 Å². The first kappa shape index (κ1) is 23.5. The minimum absolute atomic E-state index is 0.227. The van der Waals surface area contributed by atoms with Gasteiger partial charge >= 0.3 is 6.03 Å². The van der Waals surface area contributed by atoms with Crippen LogP contribution in [0.15, 0.2) is 72.8 Å². The van der Waals surface area contributed by atoms with Gasteiger partial charge in [-0.2, -0.15) is 0 Å². The summed E-state index contributed by atoms with van der Waals surface area (Å²) < 4.78 is 0. The number of amides is 4. The van der Waals surface area contributed by atoms with Crippen LogP contribution in [0.25, 0.3) is 0 Å². The Morgan fingerprint density at radius 1 is 0.941 bits per heavy atom. The largest absolute Gasteiger partial charge is 0.325 e. The van der Waals surface area contributed by atoms with E-state index in [4.69, 9.17) is 23.2 Å². The topological polar surface area (TPSA) is 95.6 Å². The second-order valence-electron chi connectivity index (χ2n) is 7.89. The Morgan fingerprint density at radius 2 is 1.62 bits per heavy atom. The molecular formula is C25H19Cl2N3O4. The Balaban J connectivity index is 1.45. The zero-order valence-electron chi connectivity index (χ0n) is 18.0. The normalized spacial score (nSPS) is 17.4. The van der Waals surface area contributed by atoms with Crippen molar-refractivity contribution >= 4 is 52.5 Å². The Hall–Kier alpha value is -3.68. The minimum atomic E-state index is -1.43. The molecule has 2 N–H and O–H groups in total. The third kappa shape index (κ3) is 4.53. The van der Waals surface area contributed by atoms with Crippen molar-refractivity contribution in [1.29, 1.82) is 0 Å². The first-order chi connectivity index (χ1) is 16.2. The SMILES string of the molecule is CC1(c2ccc(Cl)cc2Cl)NC(=O)N(CC(=O)c2ccc(NC(=O)c3ccccc3)cc2)C1=O. The molecule has 3 aromatic carbocycles. The number of urea groups is 1. The lowest BCUT2D eigenvalue weighted by Crippen LogP contribution is -2.41. The molecule has 9 heteroatoms. The first-order valence-corrected chi connectivity index (χ1v) is 11.0. The number of imide groups is 1. The summed E-state index contributed by atoms with van der Waals surface area (Å²) in [6, 6.07) is 18.9. The van der Waals surface area contributed by atoms with Gasteiger partial charge in [0.05, 0.1) is 6.54 Å². The second-order valence-corrected chi connectivity index (χ2v) is 8.73. The van der Waals surface area contributed by atoms with Crippen LogP contribution in [0.5, 0.6) is 0 Å². The molecule has 4 amide bonds. The highest BCUT2D eigenvalue weighted by molar-refractivity contribution is 6.35. The molecule has 0 aliphatic carbocycles. The zero-order chi connectivity index (χ0) is 24.5. The summed E-state index contributed by atoms with van der Waals surface area (Å²) in [4.78, 5) is 51.6. The van der Waals surface area contributed by atoms with Crippen molar-refractivity contribution in [1.82, 2.24) is 10.2 Å². The van der Waals surface area contributed by atoms with E-state index in [1.54, 1.807) is 48.5 Å². The number of halogens is 2. The summed E-state index contributed by atoms with van der Waals surface area (Å²) >= 11 is 12.2. The predicted octanol–water partition coefficient (Wildman–Crippen LogP) is 4.90.